The first-order valence-electron chi connectivity index (χ1n) is 8.89. The summed E-state index contributed by atoms with van der Waals surface area (Å²) >= 11 is 0. The number of anilines is 1. The molecule has 0 spiro atoms. The zero-order valence-electron chi connectivity index (χ0n) is 15.5. The number of rotatable bonds is 7. The van der Waals surface area contributed by atoms with Crippen LogP contribution in [0.15, 0.2) is 24.3 Å². The van der Waals surface area contributed by atoms with Crippen molar-refractivity contribution in [2.75, 3.05) is 31.5 Å². The molecule has 1 aromatic rings. The van der Waals surface area contributed by atoms with Crippen molar-refractivity contribution in [2.45, 2.75) is 33.7 Å². The van der Waals surface area contributed by atoms with Crippen LogP contribution in [0.1, 0.15) is 38.1 Å². The van der Waals surface area contributed by atoms with Crippen LogP contribution in [-0.4, -0.2) is 59.1 Å². The standard InChI is InChI=1S/C19H29N3O3/c1-13(2)9-21(10-14(3)4)17-11-22(12-17)19(25)20-16-7-5-6-15(8-16)18(23)24/h5-8,13-14,17H,9-12H2,1-4H3,(H,20,25)(H,23,24). The number of carboxylic acid groups (broad SMARTS) is 1. The zero-order chi connectivity index (χ0) is 18.6. The number of carboxylic acids is 1. The highest BCUT2D eigenvalue weighted by Gasteiger charge is 2.35. The van der Waals surface area contributed by atoms with Crippen LogP contribution in [0.4, 0.5) is 10.5 Å². The molecule has 1 aliphatic rings. The lowest BCUT2D eigenvalue weighted by Crippen LogP contribution is -2.62. The maximum Gasteiger partial charge on any atom is 0.335 e. The molecule has 0 saturated carbocycles. The lowest BCUT2D eigenvalue weighted by atomic mass is 10.0. The predicted octanol–water partition coefficient (Wildman–Crippen LogP) is 3.21. The lowest BCUT2D eigenvalue weighted by molar-refractivity contribution is 0.0464. The Morgan fingerprint density at radius 1 is 1.20 bits per heavy atom. The number of carbonyl (C=O) groups is 2. The Balaban J connectivity index is 1.89. The minimum absolute atomic E-state index is 0.166. The van der Waals surface area contributed by atoms with E-state index in [1.165, 1.54) is 12.1 Å². The van der Waals surface area contributed by atoms with E-state index in [0.717, 1.165) is 13.1 Å². The molecule has 25 heavy (non-hydrogen) atoms. The van der Waals surface area contributed by atoms with Crippen molar-refractivity contribution >= 4 is 17.7 Å². The molecule has 0 radical (unpaired) electrons. The van der Waals surface area contributed by atoms with Crippen molar-refractivity contribution in [1.82, 2.24) is 9.80 Å². The minimum atomic E-state index is -1.00. The van der Waals surface area contributed by atoms with Crippen LogP contribution < -0.4 is 5.32 Å². The quantitative estimate of drug-likeness (QED) is 0.794. The summed E-state index contributed by atoms with van der Waals surface area (Å²) in [7, 11) is 0. The van der Waals surface area contributed by atoms with E-state index in [2.05, 4.69) is 37.9 Å². The molecule has 2 N–H and O–H groups in total. The van der Waals surface area contributed by atoms with Gasteiger partial charge >= 0.3 is 12.0 Å². The van der Waals surface area contributed by atoms with Crippen molar-refractivity contribution in [3.63, 3.8) is 0 Å². The Kier molecular flexibility index (Phi) is 6.42. The number of carbonyl (C=O) groups excluding carboxylic acids is 1. The number of hydrogen-bond acceptors (Lipinski definition) is 3. The van der Waals surface area contributed by atoms with Crippen LogP contribution >= 0.6 is 0 Å². The molecule has 6 heteroatoms. The summed E-state index contributed by atoms with van der Waals surface area (Å²) in [5, 5.41) is 11.8. The van der Waals surface area contributed by atoms with E-state index in [9.17, 15) is 9.59 Å². The van der Waals surface area contributed by atoms with Gasteiger partial charge in [0.05, 0.1) is 5.56 Å². The molecule has 0 aromatic heterocycles. The third kappa shape index (κ3) is 5.46. The van der Waals surface area contributed by atoms with E-state index >= 15 is 0 Å². The summed E-state index contributed by atoms with van der Waals surface area (Å²) in [4.78, 5) is 27.6. The van der Waals surface area contributed by atoms with Gasteiger partial charge in [-0.05, 0) is 30.0 Å². The Morgan fingerprint density at radius 3 is 2.32 bits per heavy atom. The van der Waals surface area contributed by atoms with Gasteiger partial charge in [-0.3, -0.25) is 4.90 Å². The van der Waals surface area contributed by atoms with E-state index in [1.807, 2.05) is 0 Å². The summed E-state index contributed by atoms with van der Waals surface area (Å²) in [5.41, 5.74) is 0.675. The van der Waals surface area contributed by atoms with Crippen LogP contribution in [0.25, 0.3) is 0 Å². The van der Waals surface area contributed by atoms with E-state index in [0.29, 0.717) is 36.7 Å². The predicted molar refractivity (Wildman–Crippen MR) is 99.0 cm³/mol. The molecular weight excluding hydrogens is 318 g/mol. The van der Waals surface area contributed by atoms with Crippen LogP contribution in [-0.2, 0) is 0 Å². The largest absolute Gasteiger partial charge is 0.478 e. The zero-order valence-corrected chi connectivity index (χ0v) is 15.5. The van der Waals surface area contributed by atoms with Crippen molar-refractivity contribution in [1.29, 1.82) is 0 Å². The third-order valence-electron chi connectivity index (χ3n) is 4.23. The number of urea groups is 1. The topological polar surface area (TPSA) is 72.9 Å². The van der Waals surface area contributed by atoms with Gasteiger partial charge in [-0.1, -0.05) is 33.8 Å². The van der Waals surface area contributed by atoms with Crippen molar-refractivity contribution < 1.29 is 14.7 Å². The summed E-state index contributed by atoms with van der Waals surface area (Å²) in [6, 6.07) is 6.54. The minimum Gasteiger partial charge on any atom is -0.478 e. The second kappa shape index (κ2) is 8.34. The summed E-state index contributed by atoms with van der Waals surface area (Å²) < 4.78 is 0. The highest BCUT2D eigenvalue weighted by molar-refractivity contribution is 5.93. The molecule has 1 heterocycles. The molecule has 1 aliphatic heterocycles. The smallest absolute Gasteiger partial charge is 0.335 e. The average Bonchev–Trinajstić information content (AvgIpc) is 2.44. The van der Waals surface area contributed by atoms with Crippen LogP contribution in [0.2, 0.25) is 0 Å². The maximum atomic E-state index is 12.3. The molecule has 1 fully saturated rings. The Labute approximate surface area is 149 Å². The van der Waals surface area contributed by atoms with Gasteiger partial charge in [0.25, 0.3) is 0 Å². The molecule has 0 atom stereocenters. The first-order chi connectivity index (χ1) is 11.8. The molecular formula is C19H29N3O3. The Bertz CT molecular complexity index is 600. The number of nitrogens with one attached hydrogen (secondary N) is 1. The normalized spacial score (nSPS) is 14.9. The van der Waals surface area contributed by atoms with Gasteiger partial charge in [0.15, 0.2) is 0 Å². The van der Waals surface area contributed by atoms with Gasteiger partial charge in [0, 0.05) is 37.9 Å². The molecule has 0 aliphatic carbocycles. The SMILES string of the molecule is CC(C)CN(CC(C)C)C1CN(C(=O)Nc2cccc(C(=O)O)c2)C1. The van der Waals surface area contributed by atoms with E-state index < -0.39 is 5.97 Å². The second-order valence-electron chi connectivity index (χ2n) is 7.62. The van der Waals surface area contributed by atoms with Crippen LogP contribution in [0.3, 0.4) is 0 Å². The Hall–Kier alpha value is -2.08. The summed E-state index contributed by atoms with van der Waals surface area (Å²) in [6.45, 7) is 12.4. The fourth-order valence-corrected chi connectivity index (χ4v) is 3.10. The maximum absolute atomic E-state index is 12.3. The monoisotopic (exact) mass is 347 g/mol. The van der Waals surface area contributed by atoms with Gasteiger partial charge in [0.2, 0.25) is 0 Å². The molecule has 1 saturated heterocycles. The number of aromatic carboxylic acids is 1. The van der Waals surface area contributed by atoms with Crippen LogP contribution in [0.5, 0.6) is 0 Å². The van der Waals surface area contributed by atoms with Crippen molar-refractivity contribution in [2.24, 2.45) is 11.8 Å². The number of hydrogen-bond donors (Lipinski definition) is 2. The van der Waals surface area contributed by atoms with Gasteiger partial charge in [-0.15, -0.1) is 0 Å². The molecule has 0 bridgehead atoms. The molecule has 0 unspecified atom stereocenters. The average molecular weight is 347 g/mol. The van der Waals surface area contributed by atoms with Crippen molar-refractivity contribution in [3.8, 4) is 0 Å². The first kappa shape index (κ1) is 19.2. The molecule has 6 nitrogen and oxygen atoms in total. The summed E-state index contributed by atoms with van der Waals surface area (Å²) in [5.74, 6) is 0.193. The van der Waals surface area contributed by atoms with Gasteiger partial charge < -0.3 is 15.3 Å². The van der Waals surface area contributed by atoms with Gasteiger partial charge in [0.1, 0.15) is 0 Å². The highest BCUT2D eigenvalue weighted by Crippen LogP contribution is 2.20. The molecule has 138 valence electrons. The second-order valence-corrected chi connectivity index (χ2v) is 7.62. The van der Waals surface area contributed by atoms with Gasteiger partial charge in [-0.25, -0.2) is 9.59 Å². The third-order valence-corrected chi connectivity index (χ3v) is 4.23. The van der Waals surface area contributed by atoms with Crippen LogP contribution in [0, 0.1) is 11.8 Å². The van der Waals surface area contributed by atoms with E-state index in [-0.39, 0.29) is 11.6 Å². The number of nitrogens with zero attached hydrogens (tertiary/aromatic N) is 2. The Morgan fingerprint density at radius 2 is 1.80 bits per heavy atom. The fourth-order valence-electron chi connectivity index (χ4n) is 3.10. The number of benzene rings is 1. The molecule has 2 amide bonds. The lowest BCUT2D eigenvalue weighted by Gasteiger charge is -2.46. The fraction of sp³-hybridized carbons (Fsp3) is 0.579. The summed E-state index contributed by atoms with van der Waals surface area (Å²) in [6.07, 6.45) is 0. The highest BCUT2D eigenvalue weighted by atomic mass is 16.4. The number of likely N-dealkylation sites (tertiary alicyclic amines) is 1. The van der Waals surface area contributed by atoms with E-state index in [4.69, 9.17) is 5.11 Å². The van der Waals surface area contributed by atoms with E-state index in [1.54, 1.807) is 17.0 Å². The number of amides is 2. The van der Waals surface area contributed by atoms with Crippen molar-refractivity contribution in [3.05, 3.63) is 29.8 Å². The van der Waals surface area contributed by atoms with Gasteiger partial charge in [-0.2, -0.15) is 0 Å². The molecule has 1 aromatic carbocycles. The first-order valence-corrected chi connectivity index (χ1v) is 8.89. The molecule has 2 rings (SSSR count).